The van der Waals surface area contributed by atoms with Gasteiger partial charge in [-0.25, -0.2) is 4.79 Å². The lowest BCUT2D eigenvalue weighted by atomic mass is 10.2. The summed E-state index contributed by atoms with van der Waals surface area (Å²) in [6.45, 7) is 6.37. The maximum Gasteiger partial charge on any atom is 0.410 e. The summed E-state index contributed by atoms with van der Waals surface area (Å²) in [6, 6.07) is 10.9. The van der Waals surface area contributed by atoms with E-state index in [-0.39, 0.29) is 12.5 Å². The van der Waals surface area contributed by atoms with Gasteiger partial charge in [-0.1, -0.05) is 0 Å². The van der Waals surface area contributed by atoms with Gasteiger partial charge in [0.25, 0.3) is 5.91 Å². The number of carbonyl (C=O) groups is 2. The van der Waals surface area contributed by atoms with Crippen LogP contribution >= 0.6 is 0 Å². The van der Waals surface area contributed by atoms with E-state index < -0.39 is 11.7 Å². The van der Waals surface area contributed by atoms with E-state index in [1.807, 2.05) is 24.3 Å². The molecule has 0 aliphatic carbocycles. The van der Waals surface area contributed by atoms with Gasteiger partial charge in [-0.15, -0.1) is 10.2 Å². The minimum Gasteiger partial charge on any atom is -0.497 e. The Morgan fingerprint density at radius 2 is 1.92 bits per heavy atom. The molecule has 3 aromatic heterocycles. The number of benzene rings is 1. The highest BCUT2D eigenvalue weighted by Gasteiger charge is 2.19. The normalized spacial score (nSPS) is 11.4. The number of nitrogens with zero attached hydrogens (tertiary/aromatic N) is 5. The van der Waals surface area contributed by atoms with Gasteiger partial charge >= 0.3 is 6.09 Å². The van der Waals surface area contributed by atoms with Gasteiger partial charge in [0.2, 0.25) is 0 Å². The van der Waals surface area contributed by atoms with Gasteiger partial charge in [-0.3, -0.25) is 14.2 Å². The van der Waals surface area contributed by atoms with Crippen molar-refractivity contribution in [2.75, 3.05) is 33.9 Å². The zero-order chi connectivity index (χ0) is 27.3. The van der Waals surface area contributed by atoms with Gasteiger partial charge < -0.3 is 24.4 Å². The average molecular weight is 521 g/mol. The van der Waals surface area contributed by atoms with Crippen LogP contribution < -0.4 is 14.8 Å². The topological polar surface area (TPSA) is 120 Å². The predicted molar refractivity (Wildman–Crippen MR) is 142 cm³/mol. The van der Waals surface area contributed by atoms with Crippen LogP contribution in [0.1, 0.15) is 37.0 Å². The smallest absolute Gasteiger partial charge is 0.410 e. The molecule has 0 saturated heterocycles. The minimum absolute atomic E-state index is 0.265. The van der Waals surface area contributed by atoms with Crippen LogP contribution in [-0.2, 0) is 11.2 Å². The Kier molecular flexibility index (Phi) is 7.94. The summed E-state index contributed by atoms with van der Waals surface area (Å²) in [4.78, 5) is 30.6. The molecule has 38 heavy (non-hydrogen) atoms. The molecular weight excluding hydrogens is 488 g/mol. The number of aromatic nitrogens is 4. The molecule has 4 aromatic rings. The van der Waals surface area contributed by atoms with Gasteiger partial charge in [-0.2, -0.15) is 0 Å². The minimum atomic E-state index is -0.578. The third-order valence-corrected chi connectivity index (χ3v) is 5.67. The number of amides is 2. The number of hydrogen-bond donors (Lipinski definition) is 1. The van der Waals surface area contributed by atoms with Crippen LogP contribution in [0.25, 0.3) is 16.6 Å². The maximum absolute atomic E-state index is 12.7. The van der Waals surface area contributed by atoms with E-state index in [9.17, 15) is 9.59 Å². The lowest BCUT2D eigenvalue weighted by Crippen LogP contribution is -2.39. The summed E-state index contributed by atoms with van der Waals surface area (Å²) in [6.07, 6.45) is 3.43. The molecule has 0 bridgehead atoms. The van der Waals surface area contributed by atoms with Crippen molar-refractivity contribution in [1.82, 2.24) is 29.8 Å². The van der Waals surface area contributed by atoms with Crippen molar-refractivity contribution >= 4 is 28.6 Å². The fraction of sp³-hybridized carbons (Fsp3) is 0.370. The standard InChI is InChI=1S/C27H32N6O5/c1-27(2,3)38-26(35)32(4)14-13-29-25(34)18-6-9-23-30-31-24(33(23)17-18)11-15-37-22-10-12-28-21-16-19(36-5)7-8-20(21)22/h6-10,12,16-17H,11,13-15H2,1-5H3,(H,29,34). The number of likely N-dealkylation sites (N-methyl/N-ethyl adjacent to an activating group) is 1. The van der Waals surface area contributed by atoms with Gasteiger partial charge in [0.05, 0.1) is 24.8 Å². The van der Waals surface area contributed by atoms with E-state index in [0.717, 1.165) is 16.7 Å². The van der Waals surface area contributed by atoms with Gasteiger partial charge in [0.1, 0.15) is 22.9 Å². The molecule has 0 saturated carbocycles. The second-order valence-corrected chi connectivity index (χ2v) is 9.71. The maximum atomic E-state index is 12.7. The van der Waals surface area contributed by atoms with Crippen LogP contribution in [0.3, 0.4) is 0 Å². The number of ether oxygens (including phenoxy) is 3. The average Bonchev–Trinajstić information content (AvgIpc) is 3.29. The number of rotatable bonds is 9. The molecule has 0 atom stereocenters. The van der Waals surface area contributed by atoms with E-state index >= 15 is 0 Å². The molecule has 2 amide bonds. The highest BCUT2D eigenvalue weighted by molar-refractivity contribution is 5.94. The molecule has 0 fully saturated rings. The van der Waals surface area contributed by atoms with E-state index in [4.69, 9.17) is 14.2 Å². The molecule has 1 aromatic carbocycles. The number of pyridine rings is 2. The Bertz CT molecular complexity index is 1450. The molecule has 0 radical (unpaired) electrons. The van der Waals surface area contributed by atoms with Crippen molar-refractivity contribution in [2.24, 2.45) is 0 Å². The van der Waals surface area contributed by atoms with Gasteiger partial charge in [0.15, 0.2) is 5.65 Å². The quantitative estimate of drug-likeness (QED) is 0.356. The molecule has 0 aliphatic heterocycles. The zero-order valence-corrected chi connectivity index (χ0v) is 22.2. The molecule has 200 valence electrons. The highest BCUT2D eigenvalue weighted by Crippen LogP contribution is 2.27. The SMILES string of the molecule is COc1ccc2c(OCCc3nnc4ccc(C(=O)NCCN(C)C(=O)OC(C)(C)C)cn34)ccnc2c1. The molecule has 0 spiro atoms. The monoisotopic (exact) mass is 520 g/mol. The molecule has 0 unspecified atom stereocenters. The summed E-state index contributed by atoms with van der Waals surface area (Å²) in [5.74, 6) is 1.84. The van der Waals surface area contributed by atoms with Crippen LogP contribution in [0, 0.1) is 0 Å². The second kappa shape index (κ2) is 11.3. The molecule has 1 N–H and O–H groups in total. The van der Waals surface area contributed by atoms with E-state index in [1.54, 1.807) is 63.9 Å². The lowest BCUT2D eigenvalue weighted by molar-refractivity contribution is 0.0299. The van der Waals surface area contributed by atoms with Crippen molar-refractivity contribution < 1.29 is 23.8 Å². The molecule has 4 rings (SSSR count). The van der Waals surface area contributed by atoms with Gasteiger partial charge in [0, 0.05) is 50.4 Å². The second-order valence-electron chi connectivity index (χ2n) is 9.71. The summed E-state index contributed by atoms with van der Waals surface area (Å²) >= 11 is 0. The Labute approximate surface area is 220 Å². The largest absolute Gasteiger partial charge is 0.497 e. The van der Waals surface area contributed by atoms with Crippen molar-refractivity contribution in [3.8, 4) is 11.5 Å². The van der Waals surface area contributed by atoms with Gasteiger partial charge in [-0.05, 0) is 51.1 Å². The molecule has 3 heterocycles. The fourth-order valence-corrected chi connectivity index (χ4v) is 3.72. The van der Waals surface area contributed by atoms with Crippen LogP contribution in [0.4, 0.5) is 4.79 Å². The number of fused-ring (bicyclic) bond motifs is 2. The summed E-state index contributed by atoms with van der Waals surface area (Å²) < 4.78 is 18.4. The lowest BCUT2D eigenvalue weighted by Gasteiger charge is -2.24. The molecule has 11 heteroatoms. The third-order valence-electron chi connectivity index (χ3n) is 5.67. The highest BCUT2D eigenvalue weighted by atomic mass is 16.6. The van der Waals surface area contributed by atoms with Crippen molar-refractivity contribution in [3.63, 3.8) is 0 Å². The van der Waals surface area contributed by atoms with Crippen LogP contribution in [0.5, 0.6) is 11.5 Å². The van der Waals surface area contributed by atoms with Crippen molar-refractivity contribution in [1.29, 1.82) is 0 Å². The Balaban J connectivity index is 1.35. The van der Waals surface area contributed by atoms with Crippen molar-refractivity contribution in [3.05, 3.63) is 60.2 Å². The fourth-order valence-electron chi connectivity index (χ4n) is 3.72. The number of carbonyl (C=O) groups excluding carboxylic acids is 2. The van der Waals surface area contributed by atoms with Crippen LogP contribution in [-0.4, -0.2) is 75.9 Å². The zero-order valence-electron chi connectivity index (χ0n) is 22.2. The first kappa shape index (κ1) is 26.6. The van der Waals surface area contributed by atoms with E-state index in [0.29, 0.717) is 42.4 Å². The number of methoxy groups -OCH3 is 1. The summed E-state index contributed by atoms with van der Waals surface area (Å²) in [7, 11) is 3.24. The predicted octanol–water partition coefficient (Wildman–Crippen LogP) is 3.50. The number of nitrogens with one attached hydrogen (secondary N) is 1. The Hall–Kier alpha value is -4.41. The Morgan fingerprint density at radius 3 is 2.68 bits per heavy atom. The number of hydrogen-bond acceptors (Lipinski definition) is 8. The molecule has 11 nitrogen and oxygen atoms in total. The summed E-state index contributed by atoms with van der Waals surface area (Å²) in [5.41, 5.74) is 1.28. The molecule has 0 aliphatic rings. The third kappa shape index (κ3) is 6.47. The Morgan fingerprint density at radius 1 is 1.11 bits per heavy atom. The van der Waals surface area contributed by atoms with Crippen LogP contribution in [0.15, 0.2) is 48.8 Å². The van der Waals surface area contributed by atoms with Crippen LogP contribution in [0.2, 0.25) is 0 Å². The van der Waals surface area contributed by atoms with E-state index in [1.165, 1.54) is 4.90 Å². The van der Waals surface area contributed by atoms with E-state index in [2.05, 4.69) is 20.5 Å². The molecular formula is C27H32N6O5. The first-order valence-electron chi connectivity index (χ1n) is 12.3. The first-order valence-corrected chi connectivity index (χ1v) is 12.3. The summed E-state index contributed by atoms with van der Waals surface area (Å²) in [5, 5.41) is 12.2. The van der Waals surface area contributed by atoms with Crippen molar-refractivity contribution in [2.45, 2.75) is 32.8 Å². The first-order chi connectivity index (χ1) is 18.1.